The van der Waals surface area contributed by atoms with Gasteiger partial charge >= 0.3 is 0 Å². The second-order valence-corrected chi connectivity index (χ2v) is 5.37. The van der Waals surface area contributed by atoms with Gasteiger partial charge in [-0.2, -0.15) is 0 Å². The van der Waals surface area contributed by atoms with Crippen molar-refractivity contribution in [3.8, 4) is 0 Å². The highest BCUT2D eigenvalue weighted by atomic mass is 19.1. The predicted octanol–water partition coefficient (Wildman–Crippen LogP) is 4.68. The van der Waals surface area contributed by atoms with Crippen LogP contribution in [-0.2, 0) is 0 Å². The summed E-state index contributed by atoms with van der Waals surface area (Å²) in [5.74, 6) is -0.141. The number of halogens is 1. The highest BCUT2D eigenvalue weighted by Gasteiger charge is 2.18. The second-order valence-electron chi connectivity index (χ2n) is 5.37. The molecule has 2 rings (SSSR count). The Morgan fingerprint density at radius 3 is 2.89 bits per heavy atom. The molecule has 0 heterocycles. The summed E-state index contributed by atoms with van der Waals surface area (Å²) in [5, 5.41) is 3.53. The summed E-state index contributed by atoms with van der Waals surface area (Å²) in [6, 6.07) is 5.29. The number of benzene rings is 1. The number of hydrogen-bond donors (Lipinski definition) is 1. The third-order valence-corrected chi connectivity index (χ3v) is 3.91. The largest absolute Gasteiger partial charge is 0.307 e. The summed E-state index contributed by atoms with van der Waals surface area (Å²) >= 11 is 0. The van der Waals surface area contributed by atoms with E-state index >= 15 is 0 Å². The summed E-state index contributed by atoms with van der Waals surface area (Å²) in [6.45, 7) is 5.08. The first kappa shape index (κ1) is 14.3. The quantitative estimate of drug-likeness (QED) is 0.776. The molecule has 0 saturated carbocycles. The van der Waals surface area contributed by atoms with Crippen molar-refractivity contribution in [2.24, 2.45) is 0 Å². The summed E-state index contributed by atoms with van der Waals surface area (Å²) in [4.78, 5) is 0. The van der Waals surface area contributed by atoms with Crippen molar-refractivity contribution < 1.29 is 4.39 Å². The van der Waals surface area contributed by atoms with E-state index in [1.807, 2.05) is 6.07 Å². The molecule has 2 heteroatoms. The number of likely N-dealkylation sites (N-methyl/N-ethyl adjacent to an activating group) is 1. The van der Waals surface area contributed by atoms with E-state index in [-0.39, 0.29) is 11.9 Å². The summed E-state index contributed by atoms with van der Waals surface area (Å²) in [5.41, 5.74) is 3.69. The molecular formula is C17H24FN. The Balaban J connectivity index is 2.32. The molecule has 1 unspecified atom stereocenters. The van der Waals surface area contributed by atoms with Gasteiger partial charge in [-0.3, -0.25) is 0 Å². The Labute approximate surface area is 115 Å². The van der Waals surface area contributed by atoms with Crippen molar-refractivity contribution in [2.75, 3.05) is 6.54 Å². The summed E-state index contributed by atoms with van der Waals surface area (Å²) in [6.07, 6.45) is 8.50. The molecule has 1 N–H and O–H groups in total. The first-order valence-corrected chi connectivity index (χ1v) is 7.40. The molecule has 1 aliphatic rings. The van der Waals surface area contributed by atoms with Crippen LogP contribution in [0, 0.1) is 12.7 Å². The van der Waals surface area contributed by atoms with Gasteiger partial charge in [0.1, 0.15) is 5.82 Å². The van der Waals surface area contributed by atoms with E-state index in [1.165, 1.54) is 24.8 Å². The minimum atomic E-state index is -0.141. The lowest BCUT2D eigenvalue weighted by molar-refractivity contribution is 0.576. The number of hydrogen-bond acceptors (Lipinski definition) is 1. The topological polar surface area (TPSA) is 12.0 Å². The zero-order chi connectivity index (χ0) is 13.7. The number of allylic oxidation sites excluding steroid dienone is 1. The van der Waals surface area contributed by atoms with Gasteiger partial charge in [0.25, 0.3) is 0 Å². The van der Waals surface area contributed by atoms with Crippen LogP contribution < -0.4 is 5.32 Å². The third-order valence-electron chi connectivity index (χ3n) is 3.91. The zero-order valence-electron chi connectivity index (χ0n) is 12.0. The van der Waals surface area contributed by atoms with Crippen molar-refractivity contribution in [2.45, 2.75) is 52.0 Å². The molecule has 0 amide bonds. The molecule has 0 aliphatic heterocycles. The molecule has 0 saturated heterocycles. The van der Waals surface area contributed by atoms with Crippen LogP contribution in [0.3, 0.4) is 0 Å². The van der Waals surface area contributed by atoms with Crippen LogP contribution in [0.5, 0.6) is 0 Å². The number of nitrogens with one attached hydrogen (secondary N) is 1. The van der Waals surface area contributed by atoms with E-state index in [2.05, 4.69) is 25.2 Å². The fraction of sp³-hybridized carbons (Fsp3) is 0.529. The Morgan fingerprint density at radius 1 is 1.26 bits per heavy atom. The van der Waals surface area contributed by atoms with Crippen LogP contribution in [0.2, 0.25) is 0 Å². The highest BCUT2D eigenvalue weighted by Crippen LogP contribution is 2.31. The molecule has 104 valence electrons. The van der Waals surface area contributed by atoms with Crippen molar-refractivity contribution in [3.63, 3.8) is 0 Å². The maximum absolute atomic E-state index is 13.5. The first-order valence-electron chi connectivity index (χ1n) is 7.40. The van der Waals surface area contributed by atoms with E-state index in [4.69, 9.17) is 0 Å². The fourth-order valence-electron chi connectivity index (χ4n) is 2.87. The minimum Gasteiger partial charge on any atom is -0.307 e. The average molecular weight is 261 g/mol. The standard InChI is InChI=1S/C17H24FN/c1-3-19-17(14-8-6-4-5-7-9-14)16-12-15(18)11-10-13(16)2/h8,10-12,17,19H,3-7,9H2,1-2H3. The molecule has 1 atom stereocenters. The Bertz CT molecular complexity index is 451. The molecule has 19 heavy (non-hydrogen) atoms. The molecule has 1 aliphatic carbocycles. The molecule has 1 aromatic carbocycles. The van der Waals surface area contributed by atoms with E-state index in [9.17, 15) is 4.39 Å². The van der Waals surface area contributed by atoms with Gasteiger partial charge in [-0.1, -0.05) is 31.1 Å². The van der Waals surface area contributed by atoms with E-state index in [1.54, 1.807) is 12.1 Å². The van der Waals surface area contributed by atoms with Gasteiger partial charge in [-0.05, 0) is 62.4 Å². The van der Waals surface area contributed by atoms with Gasteiger partial charge in [0.15, 0.2) is 0 Å². The first-order chi connectivity index (χ1) is 9.22. The smallest absolute Gasteiger partial charge is 0.123 e. The normalized spacial score (nSPS) is 17.7. The van der Waals surface area contributed by atoms with Crippen LogP contribution in [0.4, 0.5) is 4.39 Å². The van der Waals surface area contributed by atoms with Crippen LogP contribution in [-0.4, -0.2) is 6.54 Å². The Kier molecular flexibility index (Phi) is 5.15. The van der Waals surface area contributed by atoms with Crippen LogP contribution in [0.25, 0.3) is 0 Å². The van der Waals surface area contributed by atoms with Gasteiger partial charge in [0, 0.05) is 0 Å². The van der Waals surface area contributed by atoms with Gasteiger partial charge in [0.05, 0.1) is 6.04 Å². The number of aryl methyl sites for hydroxylation is 1. The predicted molar refractivity (Wildman–Crippen MR) is 78.7 cm³/mol. The lowest BCUT2D eigenvalue weighted by Crippen LogP contribution is -2.23. The third kappa shape index (κ3) is 3.66. The van der Waals surface area contributed by atoms with Crippen molar-refractivity contribution in [3.05, 3.63) is 46.8 Å². The fourth-order valence-corrected chi connectivity index (χ4v) is 2.87. The molecule has 0 aromatic heterocycles. The highest BCUT2D eigenvalue weighted by molar-refractivity contribution is 5.35. The van der Waals surface area contributed by atoms with Crippen LogP contribution >= 0.6 is 0 Å². The summed E-state index contributed by atoms with van der Waals surface area (Å²) < 4.78 is 13.5. The maximum atomic E-state index is 13.5. The van der Waals surface area contributed by atoms with Gasteiger partial charge in [-0.15, -0.1) is 0 Å². The maximum Gasteiger partial charge on any atom is 0.123 e. The monoisotopic (exact) mass is 261 g/mol. The average Bonchev–Trinajstić information content (AvgIpc) is 2.68. The number of rotatable bonds is 4. The molecule has 0 radical (unpaired) electrons. The van der Waals surface area contributed by atoms with E-state index in [0.29, 0.717) is 0 Å². The van der Waals surface area contributed by atoms with Gasteiger partial charge in [0.2, 0.25) is 0 Å². The zero-order valence-corrected chi connectivity index (χ0v) is 12.0. The van der Waals surface area contributed by atoms with Crippen molar-refractivity contribution >= 4 is 0 Å². The summed E-state index contributed by atoms with van der Waals surface area (Å²) in [7, 11) is 0. The molecule has 1 aromatic rings. The molecule has 0 bridgehead atoms. The van der Waals surface area contributed by atoms with Gasteiger partial charge < -0.3 is 5.32 Å². The Morgan fingerprint density at radius 2 is 2.11 bits per heavy atom. The molecule has 0 fully saturated rings. The molecule has 0 spiro atoms. The van der Waals surface area contributed by atoms with Crippen molar-refractivity contribution in [1.82, 2.24) is 5.32 Å². The molecule has 1 nitrogen and oxygen atoms in total. The van der Waals surface area contributed by atoms with E-state index in [0.717, 1.165) is 30.5 Å². The van der Waals surface area contributed by atoms with E-state index < -0.39 is 0 Å². The SMILES string of the molecule is CCNC(C1=CCCCCC1)c1cc(F)ccc1C. The lowest BCUT2D eigenvalue weighted by Gasteiger charge is -2.23. The van der Waals surface area contributed by atoms with Gasteiger partial charge in [-0.25, -0.2) is 4.39 Å². The van der Waals surface area contributed by atoms with Crippen molar-refractivity contribution in [1.29, 1.82) is 0 Å². The Hall–Kier alpha value is -1.15. The van der Waals surface area contributed by atoms with Crippen LogP contribution in [0.1, 0.15) is 56.2 Å². The lowest BCUT2D eigenvalue weighted by atomic mass is 9.92. The minimum absolute atomic E-state index is 0.141. The van der Waals surface area contributed by atoms with Crippen LogP contribution in [0.15, 0.2) is 29.8 Å². The molecular weight excluding hydrogens is 237 g/mol. The second kappa shape index (κ2) is 6.85.